The molecule has 4 bridgehead atoms. The van der Waals surface area contributed by atoms with E-state index in [0.717, 1.165) is 0 Å². The van der Waals surface area contributed by atoms with E-state index in [2.05, 4.69) is 0 Å². The first-order valence-corrected chi connectivity index (χ1v) is 21.4. The number of ether oxygens (including phenoxy) is 4. The Hall–Kier alpha value is -2.50. The minimum atomic E-state index is -2.19. The molecular formula is C44H72O14. The quantitative estimate of drug-likeness (QED) is 0.162. The summed E-state index contributed by atoms with van der Waals surface area (Å²) in [6.45, 7) is 6.74. The Kier molecular flexibility index (Phi) is 21.2. The van der Waals surface area contributed by atoms with Crippen molar-refractivity contribution >= 4 is 11.9 Å². The van der Waals surface area contributed by atoms with E-state index in [1.807, 2.05) is 48.6 Å². The molecule has 0 amide bonds. The summed E-state index contributed by atoms with van der Waals surface area (Å²) < 4.78 is 22.6. The van der Waals surface area contributed by atoms with E-state index in [4.69, 9.17) is 18.9 Å². The average Bonchev–Trinajstić information content (AvgIpc) is 3.15. The number of hydrogen-bond acceptors (Lipinski definition) is 14. The zero-order chi connectivity index (χ0) is 42.9. The van der Waals surface area contributed by atoms with Crippen molar-refractivity contribution in [3.05, 3.63) is 48.6 Å². The van der Waals surface area contributed by atoms with Crippen LogP contribution in [-0.2, 0) is 28.5 Å². The summed E-state index contributed by atoms with van der Waals surface area (Å²) in [5.74, 6) is -7.53. The number of aliphatic hydroxyl groups excluding tert-OH is 6. The number of carbonyl (C=O) groups is 2. The van der Waals surface area contributed by atoms with Crippen LogP contribution in [0.5, 0.6) is 0 Å². The largest absolute Gasteiger partial charge is 0.461 e. The summed E-state index contributed by atoms with van der Waals surface area (Å²) in [4.78, 5) is 25.8. The second-order valence-electron chi connectivity index (χ2n) is 16.8. The summed E-state index contributed by atoms with van der Waals surface area (Å²) in [6, 6.07) is 0. The molecule has 2 saturated heterocycles. The maximum atomic E-state index is 12.9. The Morgan fingerprint density at radius 1 is 0.466 bits per heavy atom. The van der Waals surface area contributed by atoms with Gasteiger partial charge >= 0.3 is 11.9 Å². The van der Waals surface area contributed by atoms with E-state index in [0.29, 0.717) is 77.0 Å². The fourth-order valence-corrected chi connectivity index (χ4v) is 7.75. The van der Waals surface area contributed by atoms with Gasteiger partial charge in [-0.15, -0.1) is 0 Å². The molecule has 0 aromatic heterocycles. The van der Waals surface area contributed by atoms with Gasteiger partial charge in [0.25, 0.3) is 0 Å². The molecule has 3 aliphatic rings. The number of esters is 2. The van der Waals surface area contributed by atoms with Gasteiger partial charge < -0.3 is 59.8 Å². The number of hydrogen-bond donors (Lipinski definition) is 8. The van der Waals surface area contributed by atoms with Crippen LogP contribution in [0, 0.1) is 11.8 Å². The van der Waals surface area contributed by atoms with Crippen LogP contribution < -0.4 is 0 Å². The molecule has 3 rings (SSSR count). The summed E-state index contributed by atoms with van der Waals surface area (Å²) in [5, 5.41) is 86.9. The lowest BCUT2D eigenvalue weighted by Crippen LogP contribution is -2.58. The molecule has 3 aliphatic heterocycles. The molecule has 0 radical (unpaired) electrons. The van der Waals surface area contributed by atoms with Crippen molar-refractivity contribution in [3.8, 4) is 0 Å². The Bertz CT molecular complexity index is 1250. The molecule has 2 fully saturated rings. The zero-order valence-corrected chi connectivity index (χ0v) is 34.9. The highest BCUT2D eigenvalue weighted by molar-refractivity contribution is 5.76. The van der Waals surface area contributed by atoms with Gasteiger partial charge in [0, 0.05) is 11.8 Å². The smallest absolute Gasteiger partial charge is 0.340 e. The lowest BCUT2D eigenvalue weighted by Gasteiger charge is -2.44. The third kappa shape index (κ3) is 16.2. The van der Waals surface area contributed by atoms with E-state index < -0.39 is 96.4 Å². The topological polar surface area (TPSA) is 233 Å². The molecule has 8 N–H and O–H groups in total. The van der Waals surface area contributed by atoms with Crippen LogP contribution in [0.4, 0.5) is 0 Å². The highest BCUT2D eigenvalue weighted by Crippen LogP contribution is 2.38. The molecule has 14 heteroatoms. The molecule has 0 spiro atoms. The van der Waals surface area contributed by atoms with Crippen molar-refractivity contribution in [2.75, 3.05) is 0 Å². The van der Waals surface area contributed by atoms with Crippen molar-refractivity contribution in [1.29, 1.82) is 0 Å². The second kappa shape index (κ2) is 24.7. The van der Waals surface area contributed by atoms with E-state index in [1.54, 1.807) is 27.7 Å². The second-order valence-corrected chi connectivity index (χ2v) is 16.8. The Labute approximate surface area is 344 Å². The van der Waals surface area contributed by atoms with E-state index in [1.165, 1.54) is 0 Å². The molecule has 0 aromatic rings. The lowest BCUT2D eigenvalue weighted by atomic mass is 9.85. The fraction of sp³-hybridized carbons (Fsp3) is 0.773. The van der Waals surface area contributed by atoms with Crippen LogP contribution in [0.3, 0.4) is 0 Å². The first-order chi connectivity index (χ1) is 27.4. The van der Waals surface area contributed by atoms with Crippen molar-refractivity contribution in [2.45, 2.75) is 203 Å². The third-order valence-corrected chi connectivity index (χ3v) is 11.6. The molecule has 14 unspecified atom stereocenters. The summed E-state index contributed by atoms with van der Waals surface area (Å²) in [7, 11) is 0. The van der Waals surface area contributed by atoms with Crippen LogP contribution in [0.2, 0.25) is 0 Å². The minimum Gasteiger partial charge on any atom is -0.461 e. The van der Waals surface area contributed by atoms with E-state index in [-0.39, 0.29) is 25.7 Å². The summed E-state index contributed by atoms with van der Waals surface area (Å²) in [6.07, 6.45) is 11.3. The Balaban J connectivity index is 1.62. The van der Waals surface area contributed by atoms with Gasteiger partial charge in [0.15, 0.2) is 0 Å². The van der Waals surface area contributed by atoms with Crippen molar-refractivity contribution in [2.24, 2.45) is 11.8 Å². The zero-order valence-electron chi connectivity index (χ0n) is 34.9. The molecule has 14 atom stereocenters. The maximum absolute atomic E-state index is 12.9. The highest BCUT2D eigenvalue weighted by Gasteiger charge is 2.52. The van der Waals surface area contributed by atoms with Gasteiger partial charge in [-0.2, -0.15) is 0 Å². The average molecular weight is 825 g/mol. The van der Waals surface area contributed by atoms with Gasteiger partial charge in [0.05, 0.1) is 48.8 Å². The molecule has 3 heterocycles. The third-order valence-electron chi connectivity index (χ3n) is 11.6. The van der Waals surface area contributed by atoms with Crippen molar-refractivity contribution in [1.82, 2.24) is 0 Å². The number of rotatable bonds is 0. The summed E-state index contributed by atoms with van der Waals surface area (Å²) in [5.41, 5.74) is 0. The first kappa shape index (κ1) is 49.9. The Morgan fingerprint density at radius 3 is 1.14 bits per heavy atom. The predicted octanol–water partition coefficient (Wildman–Crippen LogP) is 3.94. The van der Waals surface area contributed by atoms with Crippen LogP contribution in [0.25, 0.3) is 0 Å². The normalized spacial score (nSPS) is 41.1. The molecular weight excluding hydrogens is 752 g/mol. The van der Waals surface area contributed by atoms with Crippen LogP contribution in [0.1, 0.15) is 130 Å². The SMILES string of the molecule is CC1CCC=CC=CCCC(O)CC(O)CC2CCC(C)C(O)(O2)C(O)C(=O)OC(C)CCC=CC=CCCC(O)CC(O)CC2CCC(C)C(O)(O2)C(O)C(=O)O1. The molecule has 14 nitrogen and oxygen atoms in total. The standard InChI is InChI=1S/C44H72O14/c1-29-21-23-37-27-35(47)25-33(45)19-15-11-8-6-10-14-18-32(4)56-42(52)40(50)44(54)30(2)22-24-38(58-44)28-36(48)26-34(46)20-16-12-7-5-9-13-17-31(3)55-41(51)39(49)43(29,53)57-37/h5-12,29-40,45-50,53-54H,13-28H2,1-4H3. The predicted molar refractivity (Wildman–Crippen MR) is 216 cm³/mol. The number of aliphatic hydroxyl groups is 8. The fourth-order valence-electron chi connectivity index (χ4n) is 7.75. The van der Waals surface area contributed by atoms with Gasteiger partial charge in [-0.1, -0.05) is 62.5 Å². The first-order valence-electron chi connectivity index (χ1n) is 21.4. The number of allylic oxidation sites excluding steroid dienone is 8. The number of cyclic esters (lactones) is 2. The van der Waals surface area contributed by atoms with Crippen molar-refractivity contribution in [3.63, 3.8) is 0 Å². The van der Waals surface area contributed by atoms with Crippen molar-refractivity contribution < 1.29 is 69.4 Å². The number of fused-ring (bicyclic) bond motifs is 4. The lowest BCUT2D eigenvalue weighted by molar-refractivity contribution is -0.320. The monoisotopic (exact) mass is 824 g/mol. The molecule has 58 heavy (non-hydrogen) atoms. The van der Waals surface area contributed by atoms with Crippen LogP contribution in [-0.4, -0.2) is 125 Å². The van der Waals surface area contributed by atoms with Gasteiger partial charge in [-0.3, -0.25) is 0 Å². The molecule has 0 saturated carbocycles. The Morgan fingerprint density at radius 2 is 0.793 bits per heavy atom. The molecule has 0 aromatic carbocycles. The van der Waals surface area contributed by atoms with Crippen LogP contribution >= 0.6 is 0 Å². The minimum absolute atomic E-state index is 0.0877. The van der Waals surface area contributed by atoms with Crippen LogP contribution in [0.15, 0.2) is 48.6 Å². The molecule has 332 valence electrons. The van der Waals surface area contributed by atoms with Gasteiger partial charge in [-0.25, -0.2) is 9.59 Å². The highest BCUT2D eigenvalue weighted by atomic mass is 16.7. The maximum Gasteiger partial charge on any atom is 0.340 e. The van der Waals surface area contributed by atoms with Gasteiger partial charge in [0.2, 0.25) is 23.8 Å². The van der Waals surface area contributed by atoms with E-state index in [9.17, 15) is 50.4 Å². The van der Waals surface area contributed by atoms with Gasteiger partial charge in [0.1, 0.15) is 0 Å². The molecule has 0 aliphatic carbocycles. The van der Waals surface area contributed by atoms with E-state index >= 15 is 0 Å². The summed E-state index contributed by atoms with van der Waals surface area (Å²) >= 11 is 0. The number of carbonyl (C=O) groups excluding carboxylic acids is 2. The van der Waals surface area contributed by atoms with Gasteiger partial charge in [-0.05, 0) is 117 Å².